The summed E-state index contributed by atoms with van der Waals surface area (Å²) in [6, 6.07) is 4.71. The van der Waals surface area contributed by atoms with Gasteiger partial charge in [-0.15, -0.1) is 0 Å². The maximum absolute atomic E-state index is 11.4. The molecule has 0 fully saturated rings. The van der Waals surface area contributed by atoms with E-state index in [9.17, 15) is 9.90 Å². The average Bonchev–Trinajstić information content (AvgIpc) is 2.09. The van der Waals surface area contributed by atoms with E-state index in [-0.39, 0.29) is 0 Å². The van der Waals surface area contributed by atoms with E-state index in [1.807, 2.05) is 0 Å². The molecule has 0 aliphatic rings. The molecule has 0 aliphatic carbocycles. The maximum atomic E-state index is 11.4. The van der Waals surface area contributed by atoms with Crippen LogP contribution in [-0.4, -0.2) is 16.6 Å². The van der Waals surface area contributed by atoms with Crippen LogP contribution in [0, 0.1) is 0 Å². The van der Waals surface area contributed by atoms with Crippen LogP contribution < -0.4 is 5.32 Å². The van der Waals surface area contributed by atoms with Gasteiger partial charge < -0.3 is 10.4 Å². The number of amides is 1. The number of rotatable bonds is 2. The van der Waals surface area contributed by atoms with Crippen LogP contribution in [0.1, 0.15) is 13.8 Å². The Balaban J connectivity index is 2.90. The lowest BCUT2D eigenvalue weighted by Crippen LogP contribution is -2.36. The van der Waals surface area contributed by atoms with Gasteiger partial charge in [-0.25, -0.2) is 0 Å². The van der Waals surface area contributed by atoms with Crippen LogP contribution in [0.25, 0.3) is 0 Å². The van der Waals surface area contributed by atoms with E-state index >= 15 is 0 Å². The summed E-state index contributed by atoms with van der Waals surface area (Å²) in [7, 11) is 0. The molecule has 0 heterocycles. The first-order chi connectivity index (χ1) is 6.80. The highest BCUT2D eigenvalue weighted by Crippen LogP contribution is 2.26. The normalized spacial score (nSPS) is 11.3. The molecule has 15 heavy (non-hydrogen) atoms. The lowest BCUT2D eigenvalue weighted by atomic mass is 10.1. The zero-order valence-electron chi connectivity index (χ0n) is 8.34. The Morgan fingerprint density at radius 2 is 2.00 bits per heavy atom. The summed E-state index contributed by atoms with van der Waals surface area (Å²) in [6.07, 6.45) is 0. The summed E-state index contributed by atoms with van der Waals surface area (Å²) in [5.41, 5.74) is -1.07. The molecule has 1 amide bonds. The number of carbonyl (C=O) groups excluding carboxylic acids is 1. The van der Waals surface area contributed by atoms with Gasteiger partial charge in [0.15, 0.2) is 0 Å². The van der Waals surface area contributed by atoms with Gasteiger partial charge in [0.2, 0.25) is 0 Å². The van der Waals surface area contributed by atoms with Crippen molar-refractivity contribution in [1.29, 1.82) is 0 Å². The number of benzene rings is 1. The van der Waals surface area contributed by atoms with Gasteiger partial charge in [-0.2, -0.15) is 0 Å². The van der Waals surface area contributed by atoms with E-state index in [0.717, 1.165) is 0 Å². The average molecular weight is 248 g/mol. The SMILES string of the molecule is CC(C)(O)C(=O)Nc1cc(Cl)ccc1Cl. The third kappa shape index (κ3) is 3.38. The fraction of sp³-hybridized carbons (Fsp3) is 0.300. The second kappa shape index (κ2) is 4.39. The molecule has 82 valence electrons. The monoisotopic (exact) mass is 247 g/mol. The van der Waals surface area contributed by atoms with Gasteiger partial charge in [0.1, 0.15) is 5.60 Å². The van der Waals surface area contributed by atoms with Crippen molar-refractivity contribution in [3.8, 4) is 0 Å². The minimum atomic E-state index is -1.45. The molecule has 0 saturated carbocycles. The van der Waals surface area contributed by atoms with Crippen molar-refractivity contribution in [3.05, 3.63) is 28.2 Å². The fourth-order valence-electron chi connectivity index (χ4n) is 0.869. The molecule has 0 aliphatic heterocycles. The highest BCUT2D eigenvalue weighted by molar-refractivity contribution is 6.35. The van der Waals surface area contributed by atoms with Crippen LogP contribution in [-0.2, 0) is 4.79 Å². The molecule has 0 saturated heterocycles. The van der Waals surface area contributed by atoms with E-state index in [2.05, 4.69) is 5.32 Å². The van der Waals surface area contributed by atoms with Gasteiger partial charge in [0.05, 0.1) is 10.7 Å². The van der Waals surface area contributed by atoms with Gasteiger partial charge in [-0.1, -0.05) is 23.2 Å². The first kappa shape index (κ1) is 12.3. The maximum Gasteiger partial charge on any atom is 0.255 e. The standard InChI is InChI=1S/C10H11Cl2NO2/c1-10(2,15)9(14)13-8-5-6(11)3-4-7(8)12/h3-5,15H,1-2H3,(H,13,14). The van der Waals surface area contributed by atoms with Crippen molar-refractivity contribution in [2.75, 3.05) is 5.32 Å². The number of aliphatic hydroxyl groups is 1. The Labute approximate surface area is 98.0 Å². The molecule has 5 heteroatoms. The molecule has 0 radical (unpaired) electrons. The Hall–Kier alpha value is -0.770. The van der Waals surface area contributed by atoms with E-state index in [0.29, 0.717) is 15.7 Å². The first-order valence-corrected chi connectivity index (χ1v) is 5.05. The predicted octanol–water partition coefficient (Wildman–Crippen LogP) is 2.70. The van der Waals surface area contributed by atoms with Crippen molar-refractivity contribution in [2.45, 2.75) is 19.4 Å². The molecule has 0 spiro atoms. The van der Waals surface area contributed by atoms with Crippen LogP contribution in [0.5, 0.6) is 0 Å². The third-order valence-corrected chi connectivity index (χ3v) is 2.30. The van der Waals surface area contributed by atoms with E-state index < -0.39 is 11.5 Å². The van der Waals surface area contributed by atoms with Crippen LogP contribution in [0.15, 0.2) is 18.2 Å². The first-order valence-electron chi connectivity index (χ1n) is 4.29. The van der Waals surface area contributed by atoms with Crippen molar-refractivity contribution < 1.29 is 9.90 Å². The molecular weight excluding hydrogens is 237 g/mol. The Morgan fingerprint density at radius 1 is 1.40 bits per heavy atom. The van der Waals surface area contributed by atoms with E-state index in [1.54, 1.807) is 12.1 Å². The Morgan fingerprint density at radius 3 is 2.53 bits per heavy atom. The van der Waals surface area contributed by atoms with Crippen LogP contribution >= 0.6 is 23.2 Å². The highest BCUT2D eigenvalue weighted by Gasteiger charge is 2.24. The van der Waals surface area contributed by atoms with Crippen molar-refractivity contribution in [1.82, 2.24) is 0 Å². The number of carbonyl (C=O) groups is 1. The second-order valence-electron chi connectivity index (χ2n) is 3.64. The summed E-state index contributed by atoms with van der Waals surface area (Å²) < 4.78 is 0. The van der Waals surface area contributed by atoms with Crippen molar-refractivity contribution in [3.63, 3.8) is 0 Å². The lowest BCUT2D eigenvalue weighted by Gasteiger charge is -2.17. The number of hydrogen-bond donors (Lipinski definition) is 2. The van der Waals surface area contributed by atoms with Crippen LogP contribution in [0.3, 0.4) is 0 Å². The summed E-state index contributed by atoms with van der Waals surface area (Å²) in [5, 5.41) is 12.7. The molecule has 0 atom stereocenters. The fourth-order valence-corrected chi connectivity index (χ4v) is 1.21. The molecule has 1 aromatic carbocycles. The third-order valence-electron chi connectivity index (χ3n) is 1.73. The largest absolute Gasteiger partial charge is 0.381 e. The molecule has 1 aromatic rings. The summed E-state index contributed by atoms with van der Waals surface area (Å²) in [4.78, 5) is 11.4. The number of halogens is 2. The van der Waals surface area contributed by atoms with Gasteiger partial charge in [-0.3, -0.25) is 4.79 Å². The zero-order valence-corrected chi connectivity index (χ0v) is 9.86. The summed E-state index contributed by atoms with van der Waals surface area (Å²) in [5.74, 6) is -0.535. The Kier molecular flexibility index (Phi) is 3.60. The van der Waals surface area contributed by atoms with Crippen molar-refractivity contribution >= 4 is 34.8 Å². The minimum Gasteiger partial charge on any atom is -0.381 e. The molecular formula is C10H11Cl2NO2. The zero-order chi connectivity index (χ0) is 11.6. The molecule has 3 nitrogen and oxygen atoms in total. The molecule has 2 N–H and O–H groups in total. The number of anilines is 1. The van der Waals surface area contributed by atoms with Crippen LogP contribution in [0.4, 0.5) is 5.69 Å². The molecule has 0 unspecified atom stereocenters. The quantitative estimate of drug-likeness (QED) is 0.845. The van der Waals surface area contributed by atoms with Crippen LogP contribution in [0.2, 0.25) is 10.0 Å². The van der Waals surface area contributed by atoms with Gasteiger partial charge >= 0.3 is 0 Å². The molecule has 0 aromatic heterocycles. The smallest absolute Gasteiger partial charge is 0.255 e. The summed E-state index contributed by atoms with van der Waals surface area (Å²) >= 11 is 11.6. The molecule has 1 rings (SSSR count). The minimum absolute atomic E-state index is 0.372. The van der Waals surface area contributed by atoms with E-state index in [4.69, 9.17) is 23.2 Å². The predicted molar refractivity (Wildman–Crippen MR) is 61.4 cm³/mol. The topological polar surface area (TPSA) is 49.3 Å². The molecule has 0 bridgehead atoms. The lowest BCUT2D eigenvalue weighted by molar-refractivity contribution is -0.130. The van der Waals surface area contributed by atoms with Crippen molar-refractivity contribution in [2.24, 2.45) is 0 Å². The Bertz CT molecular complexity index is 385. The van der Waals surface area contributed by atoms with Gasteiger partial charge in [0, 0.05) is 5.02 Å². The highest BCUT2D eigenvalue weighted by atomic mass is 35.5. The van der Waals surface area contributed by atoms with Gasteiger partial charge in [0.25, 0.3) is 5.91 Å². The number of hydrogen-bond acceptors (Lipinski definition) is 2. The number of nitrogens with one attached hydrogen (secondary N) is 1. The van der Waals surface area contributed by atoms with E-state index in [1.165, 1.54) is 19.9 Å². The van der Waals surface area contributed by atoms with Gasteiger partial charge in [-0.05, 0) is 32.0 Å². The second-order valence-corrected chi connectivity index (χ2v) is 4.48. The summed E-state index contributed by atoms with van der Waals surface area (Å²) in [6.45, 7) is 2.78.